The number of para-hydroxylation sites is 1. The molecule has 1 heterocycles. The van der Waals surface area contributed by atoms with Gasteiger partial charge < -0.3 is 15.5 Å². The summed E-state index contributed by atoms with van der Waals surface area (Å²) < 4.78 is 0. The van der Waals surface area contributed by atoms with Gasteiger partial charge in [-0.05, 0) is 31.2 Å². The van der Waals surface area contributed by atoms with Crippen LogP contribution >= 0.6 is 11.6 Å². The molecule has 2 N–H and O–H groups in total. The summed E-state index contributed by atoms with van der Waals surface area (Å²) in [6, 6.07) is 14.2. The monoisotopic (exact) mass is 343 g/mol. The Kier molecular flexibility index (Phi) is 4.71. The van der Waals surface area contributed by atoms with E-state index in [4.69, 9.17) is 11.6 Å². The first-order valence-electron chi connectivity index (χ1n) is 7.72. The molecule has 2 aromatic carbocycles. The van der Waals surface area contributed by atoms with Crippen LogP contribution in [0, 0.1) is 6.92 Å². The van der Waals surface area contributed by atoms with Crippen molar-refractivity contribution in [1.82, 2.24) is 5.32 Å². The Balaban J connectivity index is 1.61. The van der Waals surface area contributed by atoms with Crippen LogP contribution in [0.4, 0.5) is 16.2 Å². The lowest BCUT2D eigenvalue weighted by atomic mass is 10.2. The van der Waals surface area contributed by atoms with Crippen molar-refractivity contribution in [2.45, 2.75) is 19.4 Å². The molecule has 5 nitrogen and oxygen atoms in total. The van der Waals surface area contributed by atoms with E-state index in [0.29, 0.717) is 17.3 Å². The number of nitrogens with zero attached hydrogens (tertiary/aromatic N) is 1. The Morgan fingerprint density at radius 1 is 1.17 bits per heavy atom. The molecule has 1 aliphatic heterocycles. The number of nitrogens with one attached hydrogen (secondary N) is 2. The molecule has 0 unspecified atom stereocenters. The van der Waals surface area contributed by atoms with Crippen LogP contribution in [0.25, 0.3) is 0 Å². The smallest absolute Gasteiger partial charge is 0.319 e. The number of anilines is 2. The minimum atomic E-state index is -0.369. The largest absolute Gasteiger partial charge is 0.333 e. The Hall–Kier alpha value is -2.53. The summed E-state index contributed by atoms with van der Waals surface area (Å²) >= 11 is 6.02. The molecule has 0 saturated carbocycles. The van der Waals surface area contributed by atoms with E-state index in [9.17, 15) is 9.59 Å². The summed E-state index contributed by atoms with van der Waals surface area (Å²) in [7, 11) is 0. The van der Waals surface area contributed by atoms with Crippen LogP contribution in [-0.2, 0) is 4.79 Å². The molecule has 1 saturated heterocycles. The number of urea groups is 1. The molecule has 3 rings (SSSR count). The van der Waals surface area contributed by atoms with Gasteiger partial charge in [-0.2, -0.15) is 0 Å². The third-order valence-electron chi connectivity index (χ3n) is 3.93. The van der Waals surface area contributed by atoms with Gasteiger partial charge in [0.15, 0.2) is 0 Å². The number of rotatable bonds is 3. The zero-order valence-electron chi connectivity index (χ0n) is 13.3. The molecule has 3 amide bonds. The van der Waals surface area contributed by atoms with Crippen molar-refractivity contribution in [2.75, 3.05) is 16.8 Å². The van der Waals surface area contributed by atoms with Crippen molar-refractivity contribution in [3.05, 3.63) is 59.1 Å². The molecule has 0 aromatic heterocycles. The highest BCUT2D eigenvalue weighted by Gasteiger charge is 2.31. The van der Waals surface area contributed by atoms with E-state index >= 15 is 0 Å². The lowest BCUT2D eigenvalue weighted by Crippen LogP contribution is -2.39. The highest BCUT2D eigenvalue weighted by atomic mass is 35.5. The van der Waals surface area contributed by atoms with Crippen molar-refractivity contribution in [3.63, 3.8) is 0 Å². The van der Waals surface area contributed by atoms with Gasteiger partial charge in [-0.1, -0.05) is 41.4 Å². The number of halogens is 1. The number of aryl methyl sites for hydroxylation is 1. The molecule has 1 atom stereocenters. The van der Waals surface area contributed by atoms with Crippen molar-refractivity contribution in [3.8, 4) is 0 Å². The number of amides is 3. The van der Waals surface area contributed by atoms with Crippen molar-refractivity contribution < 1.29 is 9.59 Å². The Morgan fingerprint density at radius 3 is 2.58 bits per heavy atom. The third kappa shape index (κ3) is 3.68. The molecule has 0 spiro atoms. The van der Waals surface area contributed by atoms with Crippen molar-refractivity contribution in [1.29, 1.82) is 0 Å². The zero-order chi connectivity index (χ0) is 17.1. The van der Waals surface area contributed by atoms with Gasteiger partial charge in [-0.25, -0.2) is 4.79 Å². The summed E-state index contributed by atoms with van der Waals surface area (Å²) in [6.07, 6.45) is 0.282. The molecule has 1 aliphatic rings. The first-order chi connectivity index (χ1) is 11.5. The van der Waals surface area contributed by atoms with Gasteiger partial charge in [0.1, 0.15) is 0 Å². The average molecular weight is 344 g/mol. The first-order valence-corrected chi connectivity index (χ1v) is 8.10. The predicted molar refractivity (Wildman–Crippen MR) is 95.5 cm³/mol. The second kappa shape index (κ2) is 6.93. The lowest BCUT2D eigenvalue weighted by Gasteiger charge is -2.17. The number of hydrogen-bond donors (Lipinski definition) is 2. The molecule has 124 valence electrons. The highest BCUT2D eigenvalue weighted by Crippen LogP contribution is 2.23. The van der Waals surface area contributed by atoms with Gasteiger partial charge in [0.25, 0.3) is 0 Å². The number of carbonyl (C=O) groups excluding carboxylic acids is 2. The average Bonchev–Trinajstić information content (AvgIpc) is 2.90. The van der Waals surface area contributed by atoms with Gasteiger partial charge in [-0.15, -0.1) is 0 Å². The van der Waals surface area contributed by atoms with E-state index in [1.54, 1.807) is 29.2 Å². The predicted octanol–water partition coefficient (Wildman–Crippen LogP) is 3.58. The molecule has 24 heavy (non-hydrogen) atoms. The van der Waals surface area contributed by atoms with E-state index in [1.807, 2.05) is 31.2 Å². The van der Waals surface area contributed by atoms with Crippen molar-refractivity contribution in [2.24, 2.45) is 0 Å². The summed E-state index contributed by atoms with van der Waals surface area (Å²) in [5.74, 6) is 0.00176. The fourth-order valence-corrected chi connectivity index (χ4v) is 2.87. The van der Waals surface area contributed by atoms with Crippen LogP contribution in [0.1, 0.15) is 12.0 Å². The van der Waals surface area contributed by atoms with Gasteiger partial charge in [-0.3, -0.25) is 4.79 Å². The molecule has 1 fully saturated rings. The molecular weight excluding hydrogens is 326 g/mol. The summed E-state index contributed by atoms with van der Waals surface area (Å²) in [4.78, 5) is 26.0. The maximum atomic E-state index is 12.2. The Bertz CT molecular complexity index is 761. The Morgan fingerprint density at radius 2 is 1.88 bits per heavy atom. The summed E-state index contributed by atoms with van der Waals surface area (Å²) in [6.45, 7) is 2.46. The van der Waals surface area contributed by atoms with Crippen LogP contribution in [0.5, 0.6) is 0 Å². The number of hydrogen-bond acceptors (Lipinski definition) is 2. The molecule has 0 aliphatic carbocycles. The van der Waals surface area contributed by atoms with Crippen LogP contribution < -0.4 is 15.5 Å². The second-order valence-electron chi connectivity index (χ2n) is 5.82. The second-order valence-corrected chi connectivity index (χ2v) is 6.23. The normalized spacial score (nSPS) is 17.0. The molecule has 0 radical (unpaired) electrons. The van der Waals surface area contributed by atoms with Crippen LogP contribution in [0.2, 0.25) is 5.02 Å². The van der Waals surface area contributed by atoms with Gasteiger partial charge in [0.05, 0.1) is 16.8 Å². The Labute approximate surface area is 145 Å². The van der Waals surface area contributed by atoms with Crippen LogP contribution in [0.3, 0.4) is 0 Å². The first kappa shape index (κ1) is 16.3. The number of carbonyl (C=O) groups is 2. The van der Waals surface area contributed by atoms with Crippen LogP contribution in [-0.4, -0.2) is 24.5 Å². The maximum absolute atomic E-state index is 12.2. The fourth-order valence-electron chi connectivity index (χ4n) is 2.68. The topological polar surface area (TPSA) is 61.4 Å². The van der Waals surface area contributed by atoms with E-state index < -0.39 is 0 Å². The lowest BCUT2D eigenvalue weighted by molar-refractivity contribution is -0.117. The third-order valence-corrected chi connectivity index (χ3v) is 4.26. The quantitative estimate of drug-likeness (QED) is 0.894. The van der Waals surface area contributed by atoms with Gasteiger partial charge >= 0.3 is 6.03 Å². The standard InChI is InChI=1S/C18H18ClN3O2/c1-12-6-8-14(9-7-12)22-11-13(10-17(22)23)20-18(24)21-16-5-3-2-4-15(16)19/h2-9,13H,10-11H2,1H3,(H2,20,21,24)/t13-/m0/s1. The molecule has 2 aromatic rings. The van der Waals surface area contributed by atoms with E-state index in [-0.39, 0.29) is 24.4 Å². The SMILES string of the molecule is Cc1ccc(N2C[C@@H](NC(=O)Nc3ccccc3Cl)CC2=O)cc1. The van der Waals surface area contributed by atoms with Gasteiger partial charge in [0.2, 0.25) is 5.91 Å². The summed E-state index contributed by atoms with van der Waals surface area (Å²) in [5, 5.41) is 6.00. The fraction of sp³-hybridized carbons (Fsp3) is 0.222. The zero-order valence-corrected chi connectivity index (χ0v) is 14.0. The highest BCUT2D eigenvalue weighted by molar-refractivity contribution is 6.33. The molecule has 0 bridgehead atoms. The van der Waals surface area contributed by atoms with Crippen LogP contribution in [0.15, 0.2) is 48.5 Å². The number of benzene rings is 2. The molecular formula is C18H18ClN3O2. The van der Waals surface area contributed by atoms with E-state index in [1.165, 1.54) is 0 Å². The summed E-state index contributed by atoms with van der Waals surface area (Å²) in [5.41, 5.74) is 2.52. The maximum Gasteiger partial charge on any atom is 0.319 e. The minimum absolute atomic E-state index is 0.00176. The van der Waals surface area contributed by atoms with Gasteiger partial charge in [0, 0.05) is 18.7 Å². The van der Waals surface area contributed by atoms with E-state index in [0.717, 1.165) is 11.3 Å². The minimum Gasteiger partial charge on any atom is -0.333 e. The van der Waals surface area contributed by atoms with E-state index in [2.05, 4.69) is 10.6 Å². The molecule has 6 heteroatoms. The van der Waals surface area contributed by atoms with Crippen molar-refractivity contribution >= 4 is 34.9 Å².